The van der Waals surface area contributed by atoms with Crippen molar-refractivity contribution >= 4 is 39.8 Å². The number of amides is 3. The molecule has 0 saturated heterocycles. The molecule has 0 saturated carbocycles. The lowest BCUT2D eigenvalue weighted by Gasteiger charge is -2.34. The number of nitrogens with two attached hydrogens (primary N) is 1. The molecule has 2 atom stereocenters. The van der Waals surface area contributed by atoms with Gasteiger partial charge in [-0.25, -0.2) is 0 Å². The van der Waals surface area contributed by atoms with Crippen LogP contribution in [0.15, 0.2) is 96.2 Å². The Kier molecular flexibility index (Phi) is 11.8. The minimum atomic E-state index is -0.843. The largest absolute Gasteiger partial charge is 0.354 e. The van der Waals surface area contributed by atoms with Gasteiger partial charge in [0.2, 0.25) is 17.7 Å². The molecule has 0 radical (unpaired) electrons. The normalized spacial score (nSPS) is 13.2. The highest BCUT2D eigenvalue weighted by molar-refractivity contribution is 7.09. The number of likely N-dealkylation sites (N-methyl/N-ethyl adjacent to an activating group) is 2. The molecule has 242 valence electrons. The van der Waals surface area contributed by atoms with Crippen LogP contribution in [-0.4, -0.2) is 70.8 Å². The fourth-order valence-corrected chi connectivity index (χ4v) is 6.37. The maximum Gasteiger partial charge on any atom is 0.246 e. The van der Waals surface area contributed by atoms with Gasteiger partial charge in [0.1, 0.15) is 12.1 Å². The topological polar surface area (TPSA) is 109 Å². The number of carbonyl (C=O) groups is 3. The van der Waals surface area contributed by atoms with E-state index in [-0.39, 0.29) is 17.7 Å². The Morgan fingerprint density at radius 1 is 0.913 bits per heavy atom. The molecule has 3 N–H and O–H groups in total. The molecule has 4 aromatic rings. The number of nitrogens with one attached hydrogen (secondary N) is 1. The summed E-state index contributed by atoms with van der Waals surface area (Å²) in [5, 5.41) is 7.15. The van der Waals surface area contributed by atoms with Crippen LogP contribution in [0.2, 0.25) is 0 Å². The standard InChI is InChI=1S/C37H45N5O3S/c1-26(25-37(2,3)38)21-34(43)41(4)33(23-28-12-13-29-9-6-7-10-30(29)22-28)36(45)42(5)32(24-31-11-8-20-46-31)35(44)40-19-16-27-14-17-39-18-15-27/h6-15,17-18,20-22,32-33H,16,19,23-25,38H2,1-5H3,(H,40,44)/t32-,33-/m1/s1. The molecule has 0 spiro atoms. The third kappa shape index (κ3) is 9.83. The van der Waals surface area contributed by atoms with Gasteiger partial charge in [0, 0.05) is 62.4 Å². The minimum Gasteiger partial charge on any atom is -0.354 e. The van der Waals surface area contributed by atoms with Gasteiger partial charge in [-0.05, 0) is 79.1 Å². The molecule has 4 rings (SSSR count). The van der Waals surface area contributed by atoms with Crippen LogP contribution < -0.4 is 11.1 Å². The Morgan fingerprint density at radius 3 is 2.30 bits per heavy atom. The van der Waals surface area contributed by atoms with Crippen molar-refractivity contribution < 1.29 is 14.4 Å². The quantitative estimate of drug-likeness (QED) is 0.185. The van der Waals surface area contributed by atoms with Crippen LogP contribution >= 0.6 is 11.3 Å². The summed E-state index contributed by atoms with van der Waals surface area (Å²) >= 11 is 1.55. The Balaban J connectivity index is 1.61. The summed E-state index contributed by atoms with van der Waals surface area (Å²) in [6.45, 7) is 6.12. The molecule has 0 fully saturated rings. The van der Waals surface area contributed by atoms with E-state index >= 15 is 0 Å². The fourth-order valence-electron chi connectivity index (χ4n) is 5.63. The van der Waals surface area contributed by atoms with Crippen molar-refractivity contribution in [1.82, 2.24) is 20.1 Å². The molecule has 46 heavy (non-hydrogen) atoms. The Morgan fingerprint density at radius 2 is 1.63 bits per heavy atom. The van der Waals surface area contributed by atoms with Crippen molar-refractivity contribution in [3.05, 3.63) is 112 Å². The van der Waals surface area contributed by atoms with E-state index in [1.54, 1.807) is 43.9 Å². The van der Waals surface area contributed by atoms with Crippen LogP contribution in [0.5, 0.6) is 0 Å². The number of aromatic nitrogens is 1. The lowest BCUT2D eigenvalue weighted by atomic mass is 9.96. The number of benzene rings is 2. The minimum absolute atomic E-state index is 0.238. The van der Waals surface area contributed by atoms with E-state index < -0.39 is 17.6 Å². The number of hydrogen-bond donors (Lipinski definition) is 2. The smallest absolute Gasteiger partial charge is 0.246 e. The first-order valence-corrected chi connectivity index (χ1v) is 16.5. The highest BCUT2D eigenvalue weighted by atomic mass is 32.1. The third-order valence-corrected chi connectivity index (χ3v) is 8.90. The van der Waals surface area contributed by atoms with E-state index in [1.165, 1.54) is 9.80 Å². The number of thiophene rings is 1. The molecule has 0 aliphatic rings. The average molecular weight is 640 g/mol. The van der Waals surface area contributed by atoms with Crippen molar-refractivity contribution in [2.45, 2.75) is 64.1 Å². The van der Waals surface area contributed by atoms with Crippen LogP contribution in [0.4, 0.5) is 0 Å². The molecular weight excluding hydrogens is 595 g/mol. The first-order chi connectivity index (χ1) is 21.9. The molecule has 0 aliphatic heterocycles. The van der Waals surface area contributed by atoms with E-state index in [2.05, 4.69) is 16.4 Å². The predicted octanol–water partition coefficient (Wildman–Crippen LogP) is 5.17. The lowest BCUT2D eigenvalue weighted by Crippen LogP contribution is -2.56. The second-order valence-electron chi connectivity index (χ2n) is 12.7. The number of rotatable bonds is 14. The third-order valence-electron chi connectivity index (χ3n) is 8.00. The van der Waals surface area contributed by atoms with Crippen LogP contribution in [0.3, 0.4) is 0 Å². The lowest BCUT2D eigenvalue weighted by molar-refractivity contribution is -0.146. The monoisotopic (exact) mass is 639 g/mol. The highest BCUT2D eigenvalue weighted by Crippen LogP contribution is 2.21. The number of pyridine rings is 1. The zero-order valence-electron chi connectivity index (χ0n) is 27.4. The summed E-state index contributed by atoms with van der Waals surface area (Å²) in [6.07, 6.45) is 6.86. The predicted molar refractivity (Wildman–Crippen MR) is 186 cm³/mol. The molecule has 8 nitrogen and oxygen atoms in total. The number of fused-ring (bicyclic) bond motifs is 1. The second-order valence-corrected chi connectivity index (χ2v) is 13.7. The van der Waals surface area contributed by atoms with Crippen LogP contribution in [0.1, 0.15) is 43.2 Å². The van der Waals surface area contributed by atoms with Gasteiger partial charge >= 0.3 is 0 Å². The van der Waals surface area contributed by atoms with Crippen LogP contribution in [0, 0.1) is 0 Å². The Bertz CT molecular complexity index is 1650. The summed E-state index contributed by atoms with van der Waals surface area (Å²) in [6, 6.07) is 20.3. The zero-order chi connectivity index (χ0) is 33.3. The highest BCUT2D eigenvalue weighted by Gasteiger charge is 2.35. The first kappa shape index (κ1) is 34.5. The SMILES string of the molecule is CC(=CC(=O)N(C)[C@H](Cc1ccc2ccccc2c1)C(=O)N(C)[C@H](Cc1cccs1)C(=O)NCCc1ccncc1)CC(C)(C)N. The molecule has 0 unspecified atom stereocenters. The van der Waals surface area contributed by atoms with Gasteiger partial charge in [0.15, 0.2) is 0 Å². The van der Waals surface area contributed by atoms with E-state index in [0.29, 0.717) is 32.2 Å². The summed E-state index contributed by atoms with van der Waals surface area (Å²) in [5.74, 6) is -0.830. The van der Waals surface area contributed by atoms with Gasteiger partial charge in [-0.1, -0.05) is 54.1 Å². The van der Waals surface area contributed by atoms with Gasteiger partial charge < -0.3 is 20.9 Å². The summed E-state index contributed by atoms with van der Waals surface area (Å²) in [5.41, 5.74) is 8.55. The first-order valence-electron chi connectivity index (χ1n) is 15.6. The molecule has 0 bridgehead atoms. The van der Waals surface area contributed by atoms with Crippen molar-refractivity contribution in [2.75, 3.05) is 20.6 Å². The maximum absolute atomic E-state index is 14.4. The van der Waals surface area contributed by atoms with Gasteiger partial charge in [0.05, 0.1) is 0 Å². The Hall–Kier alpha value is -4.34. The van der Waals surface area contributed by atoms with E-state index in [1.807, 2.05) is 86.8 Å². The van der Waals surface area contributed by atoms with Crippen molar-refractivity contribution in [3.8, 4) is 0 Å². The Labute approximate surface area is 276 Å². The molecule has 2 aromatic carbocycles. The number of hydrogen-bond acceptors (Lipinski definition) is 6. The van der Waals surface area contributed by atoms with Crippen molar-refractivity contribution in [1.29, 1.82) is 0 Å². The molecule has 9 heteroatoms. The van der Waals surface area contributed by atoms with E-state index in [9.17, 15) is 14.4 Å². The van der Waals surface area contributed by atoms with E-state index in [4.69, 9.17) is 5.73 Å². The van der Waals surface area contributed by atoms with Crippen molar-refractivity contribution in [2.24, 2.45) is 5.73 Å². The van der Waals surface area contributed by atoms with Crippen molar-refractivity contribution in [3.63, 3.8) is 0 Å². The van der Waals surface area contributed by atoms with Gasteiger partial charge in [-0.15, -0.1) is 11.3 Å². The molecule has 2 heterocycles. The fraction of sp³-hybridized carbons (Fsp3) is 0.351. The maximum atomic E-state index is 14.4. The van der Waals surface area contributed by atoms with Crippen LogP contribution in [-0.2, 0) is 33.6 Å². The number of carbonyl (C=O) groups excluding carboxylic acids is 3. The van der Waals surface area contributed by atoms with Gasteiger partial charge in [0.25, 0.3) is 0 Å². The van der Waals surface area contributed by atoms with E-state index in [0.717, 1.165) is 32.3 Å². The van der Waals surface area contributed by atoms with Crippen LogP contribution in [0.25, 0.3) is 10.8 Å². The summed E-state index contributed by atoms with van der Waals surface area (Å²) in [7, 11) is 3.31. The molecule has 3 amide bonds. The number of nitrogens with zero attached hydrogens (tertiary/aromatic N) is 3. The summed E-state index contributed by atoms with van der Waals surface area (Å²) < 4.78 is 0. The van der Waals surface area contributed by atoms with Gasteiger partial charge in [-0.3, -0.25) is 19.4 Å². The second kappa shape index (κ2) is 15.8. The average Bonchev–Trinajstić information content (AvgIpc) is 3.54. The van der Waals surface area contributed by atoms with Gasteiger partial charge in [-0.2, -0.15) is 0 Å². The molecule has 2 aromatic heterocycles. The molecular formula is C37H45N5O3S. The molecule has 0 aliphatic carbocycles. The zero-order valence-corrected chi connectivity index (χ0v) is 28.2. The summed E-state index contributed by atoms with van der Waals surface area (Å²) in [4.78, 5) is 49.8.